The van der Waals surface area contributed by atoms with Crippen LogP contribution < -0.4 is 10.5 Å². The number of hydrogen-bond donors (Lipinski definition) is 2. The maximum atomic E-state index is 12.3. The summed E-state index contributed by atoms with van der Waals surface area (Å²) in [6, 6.07) is 7.08. The lowest BCUT2D eigenvalue weighted by atomic mass is 9.74. The van der Waals surface area contributed by atoms with Gasteiger partial charge in [0.25, 0.3) is 0 Å². The monoisotopic (exact) mass is 296 g/mol. The zero-order chi connectivity index (χ0) is 14.8. The number of nitrogens with two attached hydrogens (primary N) is 1. The molecule has 0 aromatic heterocycles. The van der Waals surface area contributed by atoms with Gasteiger partial charge in [0.15, 0.2) is 0 Å². The van der Waals surface area contributed by atoms with Gasteiger partial charge in [-0.2, -0.15) is 0 Å². The van der Waals surface area contributed by atoms with Crippen LogP contribution in [-0.4, -0.2) is 14.5 Å². The van der Waals surface area contributed by atoms with Crippen molar-refractivity contribution in [2.45, 2.75) is 51.3 Å². The van der Waals surface area contributed by atoms with Crippen LogP contribution in [0.4, 0.5) is 5.69 Å². The zero-order valence-electron chi connectivity index (χ0n) is 12.2. The smallest absolute Gasteiger partial charge is 0.216 e. The van der Waals surface area contributed by atoms with Gasteiger partial charge in [-0.1, -0.05) is 38.8 Å². The largest absolute Gasteiger partial charge is 0.399 e. The summed E-state index contributed by atoms with van der Waals surface area (Å²) in [6.07, 6.45) is 4.26. The van der Waals surface area contributed by atoms with Gasteiger partial charge in [-0.3, -0.25) is 0 Å². The molecule has 1 atom stereocenters. The summed E-state index contributed by atoms with van der Waals surface area (Å²) < 4.78 is 27.5. The van der Waals surface area contributed by atoms with Crippen LogP contribution in [0.25, 0.3) is 0 Å². The van der Waals surface area contributed by atoms with Gasteiger partial charge in [0.2, 0.25) is 10.0 Å². The van der Waals surface area contributed by atoms with Gasteiger partial charge < -0.3 is 5.73 Å². The fourth-order valence-corrected chi connectivity index (χ4v) is 4.45. The van der Waals surface area contributed by atoms with Crippen molar-refractivity contribution in [1.82, 2.24) is 4.72 Å². The lowest BCUT2D eigenvalue weighted by Crippen LogP contribution is -2.47. The molecule has 1 unspecified atom stereocenters. The van der Waals surface area contributed by atoms with Gasteiger partial charge in [0, 0.05) is 11.7 Å². The van der Waals surface area contributed by atoms with Gasteiger partial charge in [-0.05, 0) is 36.0 Å². The van der Waals surface area contributed by atoms with Crippen molar-refractivity contribution >= 4 is 15.7 Å². The van der Waals surface area contributed by atoms with E-state index in [4.69, 9.17) is 5.73 Å². The predicted octanol–water partition coefficient (Wildman–Crippen LogP) is 2.66. The molecule has 1 aromatic rings. The Labute approximate surface area is 121 Å². The maximum Gasteiger partial charge on any atom is 0.216 e. The highest BCUT2D eigenvalue weighted by Gasteiger charge is 2.34. The molecule has 112 valence electrons. The van der Waals surface area contributed by atoms with E-state index in [1.54, 1.807) is 24.3 Å². The molecule has 1 saturated carbocycles. The molecular formula is C15H24N2O2S. The average Bonchev–Trinajstić information content (AvgIpc) is 2.31. The number of anilines is 1. The summed E-state index contributed by atoms with van der Waals surface area (Å²) in [7, 11) is -3.33. The Kier molecular flexibility index (Phi) is 4.39. The highest BCUT2D eigenvalue weighted by molar-refractivity contribution is 7.88. The fraction of sp³-hybridized carbons (Fsp3) is 0.600. The molecule has 0 amide bonds. The standard InChI is InChI=1S/C15H24N2O2S/c1-15(2)9-4-3-8-14(15)17-20(18,19)11-12-6-5-7-13(16)10-12/h5-7,10,14,17H,3-4,8-9,11,16H2,1-2H3. The summed E-state index contributed by atoms with van der Waals surface area (Å²) in [6.45, 7) is 4.28. The zero-order valence-corrected chi connectivity index (χ0v) is 13.0. The van der Waals surface area contributed by atoms with Crippen LogP contribution >= 0.6 is 0 Å². The van der Waals surface area contributed by atoms with Crippen LogP contribution in [0.2, 0.25) is 0 Å². The molecule has 4 nitrogen and oxygen atoms in total. The van der Waals surface area contributed by atoms with E-state index in [0.717, 1.165) is 24.8 Å². The van der Waals surface area contributed by atoms with E-state index in [1.807, 2.05) is 0 Å². The molecule has 2 rings (SSSR count). The van der Waals surface area contributed by atoms with Crippen LogP contribution in [0, 0.1) is 5.41 Å². The van der Waals surface area contributed by atoms with Crippen LogP contribution in [0.15, 0.2) is 24.3 Å². The van der Waals surface area contributed by atoms with Crippen molar-refractivity contribution in [1.29, 1.82) is 0 Å². The number of sulfonamides is 1. The Morgan fingerprint density at radius 3 is 2.75 bits per heavy atom. The van der Waals surface area contributed by atoms with Gasteiger partial charge >= 0.3 is 0 Å². The van der Waals surface area contributed by atoms with E-state index in [-0.39, 0.29) is 17.2 Å². The molecule has 3 N–H and O–H groups in total. The Morgan fingerprint density at radius 2 is 2.10 bits per heavy atom. The third kappa shape index (κ3) is 3.96. The van der Waals surface area contributed by atoms with Crippen molar-refractivity contribution in [3.05, 3.63) is 29.8 Å². The normalized spacial score (nSPS) is 22.6. The molecule has 1 aromatic carbocycles. The van der Waals surface area contributed by atoms with Crippen molar-refractivity contribution in [2.75, 3.05) is 5.73 Å². The molecule has 1 fully saturated rings. The Morgan fingerprint density at radius 1 is 1.35 bits per heavy atom. The van der Waals surface area contributed by atoms with Crippen molar-refractivity contribution in [2.24, 2.45) is 5.41 Å². The predicted molar refractivity (Wildman–Crippen MR) is 82.7 cm³/mol. The minimum Gasteiger partial charge on any atom is -0.399 e. The minimum absolute atomic E-state index is 0.00931. The molecule has 20 heavy (non-hydrogen) atoms. The molecule has 0 spiro atoms. The van der Waals surface area contributed by atoms with Gasteiger partial charge in [0.05, 0.1) is 5.75 Å². The first kappa shape index (κ1) is 15.3. The molecular weight excluding hydrogens is 272 g/mol. The number of hydrogen-bond acceptors (Lipinski definition) is 3. The molecule has 1 aliphatic rings. The molecule has 0 saturated heterocycles. The van der Waals surface area contributed by atoms with Crippen molar-refractivity contribution in [3.8, 4) is 0 Å². The number of rotatable bonds is 4. The quantitative estimate of drug-likeness (QED) is 0.839. The third-order valence-electron chi connectivity index (χ3n) is 4.14. The fourth-order valence-electron chi connectivity index (χ4n) is 2.87. The van der Waals surface area contributed by atoms with Crippen LogP contribution in [0.5, 0.6) is 0 Å². The lowest BCUT2D eigenvalue weighted by molar-refractivity contribution is 0.188. The van der Waals surface area contributed by atoms with Gasteiger partial charge in [0.1, 0.15) is 0 Å². The Hall–Kier alpha value is -1.07. The first-order valence-corrected chi connectivity index (χ1v) is 8.78. The SMILES string of the molecule is CC1(C)CCCCC1NS(=O)(=O)Cc1cccc(N)c1. The molecule has 0 heterocycles. The van der Waals surface area contributed by atoms with E-state index in [1.165, 1.54) is 6.42 Å². The summed E-state index contributed by atoms with van der Waals surface area (Å²) in [4.78, 5) is 0. The van der Waals surface area contributed by atoms with Gasteiger partial charge in [-0.15, -0.1) is 0 Å². The van der Waals surface area contributed by atoms with Gasteiger partial charge in [-0.25, -0.2) is 13.1 Å². The second kappa shape index (κ2) is 5.74. The van der Waals surface area contributed by atoms with Crippen molar-refractivity contribution < 1.29 is 8.42 Å². The van der Waals surface area contributed by atoms with E-state index < -0.39 is 10.0 Å². The first-order valence-electron chi connectivity index (χ1n) is 7.13. The second-order valence-electron chi connectivity index (χ2n) is 6.41. The van der Waals surface area contributed by atoms with E-state index in [0.29, 0.717) is 5.69 Å². The third-order valence-corrected chi connectivity index (χ3v) is 5.49. The topological polar surface area (TPSA) is 72.2 Å². The van der Waals surface area contributed by atoms with Crippen LogP contribution in [0.1, 0.15) is 45.1 Å². The maximum absolute atomic E-state index is 12.3. The number of nitrogens with one attached hydrogen (secondary N) is 1. The minimum atomic E-state index is -3.33. The average molecular weight is 296 g/mol. The molecule has 5 heteroatoms. The second-order valence-corrected chi connectivity index (χ2v) is 8.16. The van der Waals surface area contributed by atoms with E-state index in [9.17, 15) is 8.42 Å². The summed E-state index contributed by atoms with van der Waals surface area (Å²) in [5.41, 5.74) is 7.04. The summed E-state index contributed by atoms with van der Waals surface area (Å²) in [5.74, 6) is -0.00931. The highest BCUT2D eigenvalue weighted by Crippen LogP contribution is 2.35. The number of benzene rings is 1. The summed E-state index contributed by atoms with van der Waals surface area (Å²) in [5, 5.41) is 0. The van der Waals surface area contributed by atoms with Crippen LogP contribution in [0.3, 0.4) is 0 Å². The van der Waals surface area contributed by atoms with E-state index in [2.05, 4.69) is 18.6 Å². The molecule has 0 bridgehead atoms. The lowest BCUT2D eigenvalue weighted by Gasteiger charge is -2.38. The van der Waals surface area contributed by atoms with Crippen LogP contribution in [-0.2, 0) is 15.8 Å². The molecule has 0 aliphatic heterocycles. The van der Waals surface area contributed by atoms with Crippen molar-refractivity contribution in [3.63, 3.8) is 0 Å². The van der Waals surface area contributed by atoms with E-state index >= 15 is 0 Å². The summed E-state index contributed by atoms with van der Waals surface area (Å²) >= 11 is 0. The number of nitrogen functional groups attached to an aromatic ring is 1. The Balaban J connectivity index is 2.07. The first-order chi connectivity index (χ1) is 9.28. The molecule has 1 aliphatic carbocycles. The Bertz CT molecular complexity index is 567. The molecule has 0 radical (unpaired) electrons. The highest BCUT2D eigenvalue weighted by atomic mass is 32.2.